The molecular weight excluding hydrogens is 846 g/mol. The Balaban J connectivity index is 4.20. The molecule has 0 aromatic heterocycles. The van der Waals surface area contributed by atoms with Crippen LogP contribution < -0.4 is 0 Å². The second-order valence-electron chi connectivity index (χ2n) is 19.2. The Morgan fingerprint density at radius 1 is 0.485 bits per heavy atom. The van der Waals surface area contributed by atoms with Gasteiger partial charge in [0, 0.05) is 12.8 Å². The lowest BCUT2D eigenvalue weighted by molar-refractivity contribution is -0.870. The maximum Gasteiger partial charge on any atom is 0.472 e. The van der Waals surface area contributed by atoms with Crippen molar-refractivity contribution < 1.29 is 42.1 Å². The number of hydrogen-bond acceptors (Lipinski definition) is 7. The molecule has 9 nitrogen and oxygen atoms in total. The Labute approximate surface area is 406 Å². The number of rotatable bonds is 49. The van der Waals surface area contributed by atoms with Gasteiger partial charge in [-0.15, -0.1) is 0 Å². The molecule has 1 N–H and O–H groups in total. The molecule has 0 heterocycles. The molecule has 384 valence electrons. The normalized spacial score (nSPS) is 13.8. The van der Waals surface area contributed by atoms with E-state index >= 15 is 0 Å². The van der Waals surface area contributed by atoms with Crippen molar-refractivity contribution in [3.8, 4) is 0 Å². The van der Waals surface area contributed by atoms with Gasteiger partial charge in [-0.05, 0) is 77.0 Å². The zero-order chi connectivity index (χ0) is 48.5. The lowest BCUT2D eigenvalue weighted by Crippen LogP contribution is -2.37. The van der Waals surface area contributed by atoms with Crippen LogP contribution in [-0.2, 0) is 32.7 Å². The fourth-order valence-corrected chi connectivity index (χ4v) is 8.10. The molecular formula is C56H103NO8P+. The van der Waals surface area contributed by atoms with Gasteiger partial charge in [-0.25, -0.2) is 4.57 Å². The summed E-state index contributed by atoms with van der Waals surface area (Å²) in [5.41, 5.74) is 0. The van der Waals surface area contributed by atoms with Crippen LogP contribution in [0, 0.1) is 0 Å². The van der Waals surface area contributed by atoms with E-state index in [1.807, 2.05) is 21.1 Å². The van der Waals surface area contributed by atoms with Crippen molar-refractivity contribution in [3.63, 3.8) is 0 Å². The summed E-state index contributed by atoms with van der Waals surface area (Å²) in [6.45, 7) is 4.32. The fraction of sp³-hybridized carbons (Fsp3) is 0.786. The number of phosphoric acid groups is 1. The Morgan fingerprint density at radius 2 is 0.864 bits per heavy atom. The van der Waals surface area contributed by atoms with Crippen LogP contribution >= 0.6 is 7.82 Å². The lowest BCUT2D eigenvalue weighted by Gasteiger charge is -2.24. The van der Waals surface area contributed by atoms with Crippen molar-refractivity contribution in [2.75, 3.05) is 47.5 Å². The molecule has 2 atom stereocenters. The van der Waals surface area contributed by atoms with Gasteiger partial charge in [0.1, 0.15) is 19.8 Å². The molecule has 0 amide bonds. The molecule has 0 saturated heterocycles. The summed E-state index contributed by atoms with van der Waals surface area (Å²) in [6, 6.07) is 0. The summed E-state index contributed by atoms with van der Waals surface area (Å²) in [7, 11) is 1.47. The quantitative estimate of drug-likeness (QED) is 0.0211. The van der Waals surface area contributed by atoms with Crippen molar-refractivity contribution in [2.45, 2.75) is 238 Å². The molecule has 0 aliphatic carbocycles. The summed E-state index contributed by atoms with van der Waals surface area (Å²) in [5, 5.41) is 0. The van der Waals surface area contributed by atoms with Crippen LogP contribution in [0.5, 0.6) is 0 Å². The summed E-state index contributed by atoms with van der Waals surface area (Å²) in [4.78, 5) is 35.6. The predicted molar refractivity (Wildman–Crippen MR) is 279 cm³/mol. The first kappa shape index (κ1) is 63.7. The maximum atomic E-state index is 12.8. The van der Waals surface area contributed by atoms with Crippen molar-refractivity contribution in [1.82, 2.24) is 0 Å². The molecule has 0 fully saturated rings. The van der Waals surface area contributed by atoms with E-state index < -0.39 is 26.5 Å². The Hall–Kier alpha value is -2.29. The van der Waals surface area contributed by atoms with Gasteiger partial charge in [-0.2, -0.15) is 0 Å². The van der Waals surface area contributed by atoms with Crippen LogP contribution in [0.25, 0.3) is 0 Å². The van der Waals surface area contributed by atoms with Crippen molar-refractivity contribution in [3.05, 3.63) is 60.8 Å². The average Bonchev–Trinajstić information content (AvgIpc) is 3.27. The van der Waals surface area contributed by atoms with Gasteiger partial charge >= 0.3 is 19.8 Å². The number of phosphoric ester groups is 1. The molecule has 0 bridgehead atoms. The molecule has 0 aromatic carbocycles. The van der Waals surface area contributed by atoms with Gasteiger partial charge in [0.15, 0.2) is 6.10 Å². The van der Waals surface area contributed by atoms with E-state index in [-0.39, 0.29) is 32.0 Å². The Morgan fingerprint density at radius 3 is 1.30 bits per heavy atom. The highest BCUT2D eigenvalue weighted by Gasteiger charge is 2.27. The van der Waals surface area contributed by atoms with E-state index in [0.29, 0.717) is 17.4 Å². The molecule has 0 aliphatic rings. The summed E-state index contributed by atoms with van der Waals surface area (Å²) >= 11 is 0. The minimum atomic E-state index is -4.38. The molecule has 66 heavy (non-hydrogen) atoms. The zero-order valence-electron chi connectivity index (χ0n) is 43.4. The van der Waals surface area contributed by atoms with Crippen LogP contribution in [0.4, 0.5) is 0 Å². The maximum absolute atomic E-state index is 12.8. The largest absolute Gasteiger partial charge is 0.472 e. The molecule has 0 aromatic rings. The van der Waals surface area contributed by atoms with Crippen molar-refractivity contribution in [1.29, 1.82) is 0 Å². The summed E-state index contributed by atoms with van der Waals surface area (Å²) < 4.78 is 34.5. The number of nitrogens with zero attached hydrogens (tertiary/aromatic N) is 1. The first-order chi connectivity index (χ1) is 32.0. The van der Waals surface area contributed by atoms with Gasteiger partial charge in [-0.1, -0.05) is 203 Å². The van der Waals surface area contributed by atoms with E-state index in [1.54, 1.807) is 0 Å². The van der Waals surface area contributed by atoms with Gasteiger partial charge in [0.05, 0.1) is 27.7 Å². The molecule has 0 rings (SSSR count). The van der Waals surface area contributed by atoms with Crippen LogP contribution in [0.3, 0.4) is 0 Å². The number of unbranched alkanes of at least 4 members (excludes halogenated alkanes) is 25. The van der Waals surface area contributed by atoms with E-state index in [0.717, 1.165) is 64.2 Å². The molecule has 2 unspecified atom stereocenters. The number of carbonyl (C=O) groups excluding carboxylic acids is 2. The predicted octanol–water partition coefficient (Wildman–Crippen LogP) is 16.4. The Bertz CT molecular complexity index is 1300. The molecule has 0 radical (unpaired) electrons. The SMILES string of the molecule is CC/C=C\C/C=C\C/C=C\C/C=C\CCCCCCCCCCCCCCC(=O)OC(COC(=O)CCCCCCCCC/C=C\CCCCCCCC)COP(=O)(O)OCC[N+](C)(C)C. The third-order valence-electron chi connectivity index (χ3n) is 11.5. The first-order valence-electron chi connectivity index (χ1n) is 27.0. The second-order valence-corrected chi connectivity index (χ2v) is 20.7. The number of likely N-dealkylation sites (N-methyl/N-ethyl adjacent to an activating group) is 1. The highest BCUT2D eigenvalue weighted by Crippen LogP contribution is 2.43. The van der Waals surface area contributed by atoms with Crippen LogP contribution in [0.15, 0.2) is 60.8 Å². The van der Waals surface area contributed by atoms with Gasteiger partial charge in [0.25, 0.3) is 0 Å². The number of carbonyl (C=O) groups is 2. The van der Waals surface area contributed by atoms with E-state index in [9.17, 15) is 19.0 Å². The van der Waals surface area contributed by atoms with Gasteiger partial charge < -0.3 is 18.9 Å². The summed E-state index contributed by atoms with van der Waals surface area (Å²) in [6.07, 6.45) is 59.9. The number of allylic oxidation sites excluding steroid dienone is 10. The van der Waals surface area contributed by atoms with Crippen molar-refractivity contribution in [2.24, 2.45) is 0 Å². The molecule has 10 heteroatoms. The Kier molecular flexibility index (Phi) is 46.1. The topological polar surface area (TPSA) is 108 Å². The third kappa shape index (κ3) is 51.1. The smallest absolute Gasteiger partial charge is 0.462 e. The zero-order valence-corrected chi connectivity index (χ0v) is 44.3. The van der Waals surface area contributed by atoms with E-state index in [4.69, 9.17) is 18.5 Å². The summed E-state index contributed by atoms with van der Waals surface area (Å²) in [5.74, 6) is -0.801. The third-order valence-corrected chi connectivity index (χ3v) is 12.5. The molecule has 0 aliphatic heterocycles. The number of ether oxygens (including phenoxy) is 2. The lowest BCUT2D eigenvalue weighted by atomic mass is 10.0. The highest BCUT2D eigenvalue weighted by atomic mass is 31.2. The second kappa shape index (κ2) is 47.8. The van der Waals surface area contributed by atoms with Gasteiger partial charge in [-0.3, -0.25) is 18.6 Å². The van der Waals surface area contributed by atoms with Crippen molar-refractivity contribution >= 4 is 19.8 Å². The fourth-order valence-electron chi connectivity index (χ4n) is 7.35. The van der Waals surface area contributed by atoms with Crippen LogP contribution in [0.2, 0.25) is 0 Å². The first-order valence-corrected chi connectivity index (χ1v) is 28.5. The monoisotopic (exact) mass is 949 g/mol. The van der Waals surface area contributed by atoms with E-state index in [1.165, 1.54) is 135 Å². The minimum Gasteiger partial charge on any atom is -0.462 e. The minimum absolute atomic E-state index is 0.0294. The average molecular weight is 949 g/mol. The number of esters is 2. The highest BCUT2D eigenvalue weighted by molar-refractivity contribution is 7.47. The standard InChI is InChI=1S/C56H102NO8P/c1-6-8-10-12-14-16-18-20-22-24-25-26-27-28-29-30-31-33-35-37-39-41-43-45-47-49-56(59)65-54(53-64-66(60,61)63-51-50-57(3,4)5)52-62-55(58)48-46-44-42-40-38-36-34-32-23-21-19-17-15-13-11-9-7-2/h8,10,14,16,20-23,25-26,54H,6-7,9,11-13,15,17-19,24,27-53H2,1-5H3/p+1/b10-8-,16-14-,22-20-,23-21-,26-25-. The molecule has 0 spiro atoms. The number of hydrogen-bond donors (Lipinski definition) is 1. The molecule has 0 saturated carbocycles. The number of quaternary nitrogens is 1. The van der Waals surface area contributed by atoms with Gasteiger partial charge in [0.2, 0.25) is 0 Å². The van der Waals surface area contributed by atoms with Crippen LogP contribution in [-0.4, -0.2) is 74.9 Å². The van der Waals surface area contributed by atoms with Crippen LogP contribution in [0.1, 0.15) is 232 Å². The van der Waals surface area contributed by atoms with E-state index in [2.05, 4.69) is 74.6 Å².